The van der Waals surface area contributed by atoms with Crippen LogP contribution in [0.25, 0.3) is 11.5 Å². The number of nitrogens with zero attached hydrogens (tertiary/aromatic N) is 7. The molecule has 5 rings (SSSR count). The van der Waals surface area contributed by atoms with E-state index in [0.717, 1.165) is 38.1 Å². The molecule has 0 bridgehead atoms. The predicted molar refractivity (Wildman–Crippen MR) is 124 cm³/mol. The average molecular weight is 470 g/mol. The number of fused-ring (bicyclic) bond motifs is 1. The van der Waals surface area contributed by atoms with Gasteiger partial charge in [0.1, 0.15) is 18.1 Å². The Hall–Kier alpha value is -3.67. The Balaban J connectivity index is 1.41. The number of halogens is 2. The maximum absolute atomic E-state index is 14.7. The number of nitrogens with one attached hydrogen (secondary N) is 2. The molecule has 2 aliphatic heterocycles. The van der Waals surface area contributed by atoms with Crippen molar-refractivity contribution in [1.82, 2.24) is 30.2 Å². The van der Waals surface area contributed by atoms with E-state index in [9.17, 15) is 8.78 Å². The molecule has 0 saturated carbocycles. The maximum Gasteiger partial charge on any atom is 0.261 e. The minimum atomic E-state index is -0.858. The number of hydrogen-bond acceptors (Lipinski definition) is 10. The molecule has 0 spiro atoms. The number of aromatic nitrogens is 5. The number of ether oxygens (including phenoxy) is 1. The topological polar surface area (TPSA) is 104 Å². The fourth-order valence-corrected chi connectivity index (χ4v) is 3.96. The average Bonchev–Trinajstić information content (AvgIpc) is 2.86. The molecular weight excluding hydrogens is 444 g/mol. The highest BCUT2D eigenvalue weighted by Gasteiger charge is 2.28. The lowest BCUT2D eigenvalue weighted by Crippen LogP contribution is -2.43. The summed E-state index contributed by atoms with van der Waals surface area (Å²) in [7, 11) is 0. The molecule has 12 heteroatoms. The lowest BCUT2D eigenvalue weighted by Gasteiger charge is -2.33. The van der Waals surface area contributed by atoms with Crippen molar-refractivity contribution in [1.29, 1.82) is 0 Å². The molecule has 1 saturated heterocycles. The summed E-state index contributed by atoms with van der Waals surface area (Å²) in [5, 5.41) is 6.28. The third-order valence-electron chi connectivity index (χ3n) is 5.71. The first-order chi connectivity index (χ1) is 16.5. The second kappa shape index (κ2) is 9.29. The summed E-state index contributed by atoms with van der Waals surface area (Å²) in [6.07, 6.45) is 2.76. The number of pyridine rings is 1. The van der Waals surface area contributed by atoms with E-state index in [1.807, 2.05) is 24.8 Å². The van der Waals surface area contributed by atoms with E-state index in [1.165, 1.54) is 0 Å². The van der Waals surface area contributed by atoms with Gasteiger partial charge in [0.2, 0.25) is 11.7 Å². The highest BCUT2D eigenvalue weighted by Crippen LogP contribution is 2.34. The molecule has 5 heterocycles. The second-order valence-electron chi connectivity index (χ2n) is 8.28. The van der Waals surface area contributed by atoms with E-state index >= 15 is 0 Å². The molecule has 0 aliphatic carbocycles. The first kappa shape index (κ1) is 22.1. The summed E-state index contributed by atoms with van der Waals surface area (Å²) in [5.74, 6) is -0.974. The standard InChI is InChI=1S/C22H25F2N9O/c1-13(2)33-9-10-34-18-19(24)30-20(31-21(18)33)17-15(23)12-27-22(29-17)28-16-4-3-14(11-26-16)32-7-5-25-6-8-32/h3-4,11-13,25H,5-10H2,1-2H3,(H,26,27,28,29). The van der Waals surface area contributed by atoms with Crippen LogP contribution in [-0.4, -0.2) is 70.3 Å². The van der Waals surface area contributed by atoms with Gasteiger partial charge in [0.05, 0.1) is 24.6 Å². The van der Waals surface area contributed by atoms with Crippen LogP contribution in [0.3, 0.4) is 0 Å². The zero-order valence-corrected chi connectivity index (χ0v) is 18.9. The number of rotatable bonds is 5. The highest BCUT2D eigenvalue weighted by molar-refractivity contribution is 5.62. The molecule has 178 valence electrons. The van der Waals surface area contributed by atoms with Crippen LogP contribution in [-0.2, 0) is 0 Å². The zero-order valence-electron chi connectivity index (χ0n) is 18.9. The van der Waals surface area contributed by atoms with Gasteiger partial charge in [-0.1, -0.05) is 0 Å². The molecule has 3 aromatic heterocycles. The van der Waals surface area contributed by atoms with Gasteiger partial charge in [-0.2, -0.15) is 9.37 Å². The van der Waals surface area contributed by atoms with Crippen LogP contribution >= 0.6 is 0 Å². The van der Waals surface area contributed by atoms with Crippen LogP contribution in [0.4, 0.5) is 32.1 Å². The quantitative estimate of drug-likeness (QED) is 0.541. The van der Waals surface area contributed by atoms with Crippen LogP contribution < -0.4 is 25.2 Å². The fraction of sp³-hybridized carbons (Fsp3) is 0.409. The Morgan fingerprint density at radius 3 is 2.59 bits per heavy atom. The lowest BCUT2D eigenvalue weighted by molar-refractivity contribution is 0.280. The third-order valence-corrected chi connectivity index (χ3v) is 5.71. The van der Waals surface area contributed by atoms with Crippen molar-refractivity contribution in [2.24, 2.45) is 0 Å². The van der Waals surface area contributed by atoms with Crippen molar-refractivity contribution in [3.63, 3.8) is 0 Å². The van der Waals surface area contributed by atoms with Gasteiger partial charge in [0, 0.05) is 32.2 Å². The number of piperazine rings is 1. The molecule has 10 nitrogen and oxygen atoms in total. The highest BCUT2D eigenvalue weighted by atomic mass is 19.1. The number of anilines is 4. The molecule has 0 aromatic carbocycles. The van der Waals surface area contributed by atoms with Crippen LogP contribution in [0.1, 0.15) is 13.8 Å². The van der Waals surface area contributed by atoms with E-state index < -0.39 is 11.8 Å². The monoisotopic (exact) mass is 469 g/mol. The van der Waals surface area contributed by atoms with Gasteiger partial charge < -0.3 is 25.2 Å². The molecule has 2 aliphatic rings. The van der Waals surface area contributed by atoms with Gasteiger partial charge in [-0.25, -0.2) is 24.3 Å². The van der Waals surface area contributed by atoms with Gasteiger partial charge in [0.15, 0.2) is 17.5 Å². The largest absolute Gasteiger partial charge is 0.484 e. The molecule has 0 unspecified atom stereocenters. The molecule has 1 fully saturated rings. The van der Waals surface area contributed by atoms with E-state index in [0.29, 0.717) is 19.0 Å². The zero-order chi connectivity index (χ0) is 23.7. The van der Waals surface area contributed by atoms with Crippen LogP contribution in [0.2, 0.25) is 0 Å². The molecule has 0 atom stereocenters. The van der Waals surface area contributed by atoms with Gasteiger partial charge in [0.25, 0.3) is 5.95 Å². The van der Waals surface area contributed by atoms with Crippen LogP contribution in [0, 0.1) is 11.8 Å². The predicted octanol–water partition coefficient (Wildman–Crippen LogP) is 2.37. The maximum atomic E-state index is 14.7. The smallest absolute Gasteiger partial charge is 0.261 e. The molecular formula is C22H25F2N9O. The minimum Gasteiger partial charge on any atom is -0.484 e. The molecule has 34 heavy (non-hydrogen) atoms. The van der Waals surface area contributed by atoms with E-state index in [2.05, 4.69) is 40.5 Å². The van der Waals surface area contributed by atoms with Gasteiger partial charge in [-0.15, -0.1) is 0 Å². The SMILES string of the molecule is CC(C)N1CCOc2c(F)nc(-c3nc(Nc4ccc(N5CCNCC5)cn4)ncc3F)nc21. The molecule has 3 aromatic rings. The first-order valence-corrected chi connectivity index (χ1v) is 11.2. The molecule has 0 radical (unpaired) electrons. The molecule has 2 N–H and O–H groups in total. The Morgan fingerprint density at radius 2 is 1.85 bits per heavy atom. The summed E-state index contributed by atoms with van der Waals surface area (Å²) < 4.78 is 34.8. The number of hydrogen-bond donors (Lipinski definition) is 2. The van der Waals surface area contributed by atoms with Crippen molar-refractivity contribution in [3.8, 4) is 17.3 Å². The Labute approximate surface area is 195 Å². The van der Waals surface area contributed by atoms with E-state index in [1.54, 1.807) is 12.3 Å². The Morgan fingerprint density at radius 1 is 1.03 bits per heavy atom. The lowest BCUT2D eigenvalue weighted by atomic mass is 10.2. The van der Waals surface area contributed by atoms with Crippen molar-refractivity contribution in [2.45, 2.75) is 19.9 Å². The molecule has 0 amide bonds. The fourth-order valence-electron chi connectivity index (χ4n) is 3.96. The summed E-state index contributed by atoms with van der Waals surface area (Å²) in [6.45, 7) is 8.46. The van der Waals surface area contributed by atoms with Crippen molar-refractivity contribution < 1.29 is 13.5 Å². The third kappa shape index (κ3) is 4.40. The Kier molecular flexibility index (Phi) is 6.05. The van der Waals surface area contributed by atoms with E-state index in [4.69, 9.17) is 4.74 Å². The first-order valence-electron chi connectivity index (χ1n) is 11.2. The van der Waals surface area contributed by atoms with Gasteiger partial charge in [-0.3, -0.25) is 0 Å². The summed E-state index contributed by atoms with van der Waals surface area (Å²) >= 11 is 0. The summed E-state index contributed by atoms with van der Waals surface area (Å²) in [4.78, 5) is 24.9. The van der Waals surface area contributed by atoms with Crippen LogP contribution in [0.5, 0.6) is 5.75 Å². The van der Waals surface area contributed by atoms with Crippen molar-refractivity contribution in [2.75, 3.05) is 54.4 Å². The Bertz CT molecular complexity index is 1170. The second-order valence-corrected chi connectivity index (χ2v) is 8.28. The minimum absolute atomic E-state index is 0.0368. The van der Waals surface area contributed by atoms with Crippen molar-refractivity contribution >= 4 is 23.3 Å². The van der Waals surface area contributed by atoms with E-state index in [-0.39, 0.29) is 35.1 Å². The normalized spacial score (nSPS) is 15.8. The summed E-state index contributed by atoms with van der Waals surface area (Å²) in [6, 6.07) is 3.80. The van der Waals surface area contributed by atoms with Gasteiger partial charge in [-0.05, 0) is 26.0 Å². The van der Waals surface area contributed by atoms with Crippen LogP contribution in [0.15, 0.2) is 24.5 Å². The van der Waals surface area contributed by atoms with Crippen molar-refractivity contribution in [3.05, 3.63) is 36.3 Å². The van der Waals surface area contributed by atoms with Gasteiger partial charge >= 0.3 is 0 Å². The summed E-state index contributed by atoms with van der Waals surface area (Å²) in [5.41, 5.74) is 0.800.